The van der Waals surface area contributed by atoms with Gasteiger partial charge in [-0.3, -0.25) is 10.3 Å². The predicted molar refractivity (Wildman–Crippen MR) is 130 cm³/mol. The molecule has 1 aromatic heterocycles. The largest absolute Gasteiger partial charge is 0.508 e. The Morgan fingerprint density at radius 2 is 1.71 bits per heavy atom. The fourth-order valence-corrected chi connectivity index (χ4v) is 3.17. The van der Waals surface area contributed by atoms with Gasteiger partial charge in [0, 0.05) is 17.9 Å². The minimum atomic E-state index is 0.235. The molecule has 0 amide bonds. The standard InChI is InChI=1S/C22H23ClN6OS/c1-14-13-15(2)26-21(25-14)28-20(24-12-11-16-7-9-17(30)10-8-16)29-22(31)27-19-6-4-3-5-18(19)23/h3-10,13,30H,11-12H2,1-2H3,(H3,24,25,26,27,28,29,31). The highest BCUT2D eigenvalue weighted by Gasteiger charge is 2.08. The predicted octanol–water partition coefficient (Wildman–Crippen LogP) is 4.45. The molecule has 0 aliphatic rings. The van der Waals surface area contributed by atoms with Gasteiger partial charge in [0.1, 0.15) is 5.75 Å². The molecule has 0 spiro atoms. The van der Waals surface area contributed by atoms with E-state index in [2.05, 4.69) is 30.9 Å². The van der Waals surface area contributed by atoms with Crippen LogP contribution >= 0.6 is 23.8 Å². The second-order valence-electron chi connectivity index (χ2n) is 6.81. The summed E-state index contributed by atoms with van der Waals surface area (Å²) in [6.07, 6.45) is 0.686. The highest BCUT2D eigenvalue weighted by Crippen LogP contribution is 2.20. The van der Waals surface area contributed by atoms with Gasteiger partial charge < -0.3 is 15.7 Å². The number of thiocarbonyl (C=S) groups is 1. The number of para-hydroxylation sites is 1. The summed E-state index contributed by atoms with van der Waals surface area (Å²) in [7, 11) is 0. The molecule has 160 valence electrons. The number of benzene rings is 2. The SMILES string of the molecule is Cc1cc(C)nc(NC(=NCCc2ccc(O)cc2)NC(=S)Nc2ccccc2Cl)n1. The molecule has 0 radical (unpaired) electrons. The number of hydrogen-bond acceptors (Lipinski definition) is 5. The van der Waals surface area contributed by atoms with Gasteiger partial charge in [0.05, 0.1) is 10.7 Å². The molecule has 3 rings (SSSR count). The van der Waals surface area contributed by atoms with Crippen LogP contribution in [0, 0.1) is 13.8 Å². The van der Waals surface area contributed by atoms with Crippen molar-refractivity contribution in [1.82, 2.24) is 15.3 Å². The van der Waals surface area contributed by atoms with Crippen LogP contribution in [-0.4, -0.2) is 32.7 Å². The molecule has 0 fully saturated rings. The number of hydrogen-bond donors (Lipinski definition) is 4. The van der Waals surface area contributed by atoms with Crippen LogP contribution in [0.4, 0.5) is 11.6 Å². The van der Waals surface area contributed by atoms with Crippen LogP contribution in [0.1, 0.15) is 17.0 Å². The molecule has 0 bridgehead atoms. The van der Waals surface area contributed by atoms with Crippen LogP contribution in [0.25, 0.3) is 0 Å². The quantitative estimate of drug-likeness (QED) is 0.257. The lowest BCUT2D eigenvalue weighted by atomic mass is 10.1. The normalized spacial score (nSPS) is 11.1. The number of aromatic hydroxyl groups is 1. The number of anilines is 2. The first-order valence-corrected chi connectivity index (χ1v) is 10.4. The average Bonchev–Trinajstić information content (AvgIpc) is 2.70. The first-order chi connectivity index (χ1) is 14.9. The number of halogens is 1. The van der Waals surface area contributed by atoms with Gasteiger partial charge in [-0.05, 0) is 68.4 Å². The smallest absolute Gasteiger partial charge is 0.229 e. The van der Waals surface area contributed by atoms with Crippen molar-refractivity contribution in [3.8, 4) is 5.75 Å². The third-order valence-corrected chi connectivity index (χ3v) is 4.71. The highest BCUT2D eigenvalue weighted by atomic mass is 35.5. The Hall–Kier alpha value is -3.23. The van der Waals surface area contributed by atoms with Crippen LogP contribution in [0.15, 0.2) is 59.6 Å². The number of aliphatic imine (C=N–C) groups is 1. The number of aryl methyl sites for hydroxylation is 2. The summed E-state index contributed by atoms with van der Waals surface area (Å²) < 4.78 is 0. The average molecular weight is 455 g/mol. The molecule has 4 N–H and O–H groups in total. The van der Waals surface area contributed by atoms with E-state index in [0.717, 1.165) is 17.0 Å². The second kappa shape index (κ2) is 10.7. The maximum atomic E-state index is 9.43. The maximum Gasteiger partial charge on any atom is 0.229 e. The Morgan fingerprint density at radius 3 is 2.39 bits per heavy atom. The topological polar surface area (TPSA) is 94.5 Å². The monoisotopic (exact) mass is 454 g/mol. The summed E-state index contributed by atoms with van der Waals surface area (Å²) in [6, 6.07) is 16.3. The van der Waals surface area contributed by atoms with E-state index in [-0.39, 0.29) is 5.75 Å². The number of aromatic nitrogens is 2. The first-order valence-electron chi connectivity index (χ1n) is 9.63. The Labute approximate surface area is 191 Å². The first kappa shape index (κ1) is 22.5. The molecule has 0 aliphatic heterocycles. The van der Waals surface area contributed by atoms with Crippen molar-refractivity contribution in [3.05, 3.63) is 76.6 Å². The Morgan fingerprint density at radius 1 is 1.03 bits per heavy atom. The molecule has 3 aromatic rings. The molecule has 0 saturated heterocycles. The summed E-state index contributed by atoms with van der Waals surface area (Å²) >= 11 is 11.6. The van der Waals surface area contributed by atoms with Gasteiger partial charge in [-0.25, -0.2) is 9.97 Å². The molecule has 9 heteroatoms. The van der Waals surface area contributed by atoms with Gasteiger partial charge in [-0.2, -0.15) is 0 Å². The number of guanidine groups is 1. The number of phenolic OH excluding ortho intramolecular Hbond substituents is 1. The molecule has 2 aromatic carbocycles. The van der Waals surface area contributed by atoms with Gasteiger partial charge in [0.25, 0.3) is 0 Å². The minimum Gasteiger partial charge on any atom is -0.508 e. The summed E-state index contributed by atoms with van der Waals surface area (Å²) in [5.74, 6) is 1.07. The molecule has 7 nitrogen and oxygen atoms in total. The molecule has 0 saturated carbocycles. The van der Waals surface area contributed by atoms with Gasteiger partial charge in [0.2, 0.25) is 11.9 Å². The zero-order chi connectivity index (χ0) is 22.2. The third kappa shape index (κ3) is 7.20. The van der Waals surface area contributed by atoms with Crippen LogP contribution in [-0.2, 0) is 6.42 Å². The Balaban J connectivity index is 1.73. The molecular formula is C22H23ClN6OS. The van der Waals surface area contributed by atoms with Crippen LogP contribution in [0.5, 0.6) is 5.75 Å². The molecule has 0 unspecified atom stereocenters. The van der Waals surface area contributed by atoms with E-state index in [4.69, 9.17) is 23.8 Å². The highest BCUT2D eigenvalue weighted by molar-refractivity contribution is 7.80. The van der Waals surface area contributed by atoms with E-state index in [0.29, 0.717) is 40.7 Å². The zero-order valence-electron chi connectivity index (χ0n) is 17.2. The van der Waals surface area contributed by atoms with Gasteiger partial charge in [-0.15, -0.1) is 0 Å². The van der Waals surface area contributed by atoms with Crippen LogP contribution in [0.2, 0.25) is 5.02 Å². The van der Waals surface area contributed by atoms with Crippen molar-refractivity contribution >= 4 is 46.5 Å². The van der Waals surface area contributed by atoms with E-state index < -0.39 is 0 Å². The van der Waals surface area contributed by atoms with Crippen molar-refractivity contribution < 1.29 is 5.11 Å². The molecule has 0 atom stereocenters. The van der Waals surface area contributed by atoms with E-state index in [1.165, 1.54) is 0 Å². The van der Waals surface area contributed by atoms with Crippen molar-refractivity contribution in [2.45, 2.75) is 20.3 Å². The van der Waals surface area contributed by atoms with Crippen molar-refractivity contribution in [3.63, 3.8) is 0 Å². The van der Waals surface area contributed by atoms with E-state index >= 15 is 0 Å². The maximum absolute atomic E-state index is 9.43. The van der Waals surface area contributed by atoms with Crippen molar-refractivity contribution in [1.29, 1.82) is 0 Å². The van der Waals surface area contributed by atoms with E-state index in [1.807, 2.05) is 50.2 Å². The second-order valence-corrected chi connectivity index (χ2v) is 7.62. The summed E-state index contributed by atoms with van der Waals surface area (Å²) in [5, 5.41) is 19.5. The Bertz CT molecular complexity index is 1070. The summed E-state index contributed by atoms with van der Waals surface area (Å²) in [4.78, 5) is 13.4. The molecule has 1 heterocycles. The number of nitrogens with one attached hydrogen (secondary N) is 3. The molecule has 0 aliphatic carbocycles. The van der Waals surface area contributed by atoms with E-state index in [1.54, 1.807) is 18.2 Å². The fraction of sp³-hybridized carbons (Fsp3) is 0.182. The van der Waals surface area contributed by atoms with Crippen molar-refractivity contribution in [2.24, 2.45) is 4.99 Å². The fourth-order valence-electron chi connectivity index (χ4n) is 2.78. The van der Waals surface area contributed by atoms with Gasteiger partial charge >= 0.3 is 0 Å². The summed E-state index contributed by atoms with van der Waals surface area (Å²) in [5.41, 5.74) is 3.43. The lowest BCUT2D eigenvalue weighted by molar-refractivity contribution is 0.475. The van der Waals surface area contributed by atoms with Gasteiger partial charge in [0.15, 0.2) is 5.11 Å². The Kier molecular flexibility index (Phi) is 7.75. The lowest BCUT2D eigenvalue weighted by Gasteiger charge is -2.15. The minimum absolute atomic E-state index is 0.235. The van der Waals surface area contributed by atoms with Crippen LogP contribution < -0.4 is 16.0 Å². The number of nitrogens with zero attached hydrogens (tertiary/aromatic N) is 3. The zero-order valence-corrected chi connectivity index (χ0v) is 18.8. The van der Waals surface area contributed by atoms with Crippen molar-refractivity contribution in [2.75, 3.05) is 17.2 Å². The van der Waals surface area contributed by atoms with Crippen LogP contribution in [0.3, 0.4) is 0 Å². The van der Waals surface area contributed by atoms with E-state index in [9.17, 15) is 5.11 Å². The lowest BCUT2D eigenvalue weighted by Crippen LogP contribution is -2.39. The third-order valence-electron chi connectivity index (χ3n) is 4.17. The molecular weight excluding hydrogens is 432 g/mol. The number of rotatable bonds is 5. The number of phenols is 1. The van der Waals surface area contributed by atoms with Gasteiger partial charge in [-0.1, -0.05) is 35.9 Å². The molecule has 31 heavy (non-hydrogen) atoms. The summed E-state index contributed by atoms with van der Waals surface area (Å²) in [6.45, 7) is 4.29.